The molecule has 0 saturated carbocycles. The smallest absolute Gasteiger partial charge is 0.257 e. The second-order valence-electron chi connectivity index (χ2n) is 4.99. The number of likely N-dealkylation sites (N-methyl/N-ethyl adjacent to an activating group) is 1. The SMILES string of the molecule is COc1c(F)cccc1C(=O)N(C)CC1CCCCO1. The van der Waals surface area contributed by atoms with Gasteiger partial charge < -0.3 is 14.4 Å². The number of ether oxygens (including phenoxy) is 2. The second kappa shape index (κ2) is 6.70. The molecule has 1 fully saturated rings. The third-order valence-corrected chi connectivity index (χ3v) is 3.50. The van der Waals surface area contributed by atoms with Crippen LogP contribution >= 0.6 is 0 Å². The monoisotopic (exact) mass is 281 g/mol. The number of hydrogen-bond donors (Lipinski definition) is 0. The molecule has 110 valence electrons. The molecule has 5 heteroatoms. The predicted molar refractivity (Wildman–Crippen MR) is 73.5 cm³/mol. The molecule has 1 aliphatic heterocycles. The molecule has 20 heavy (non-hydrogen) atoms. The molecule has 1 heterocycles. The van der Waals surface area contributed by atoms with Crippen molar-refractivity contribution in [1.29, 1.82) is 0 Å². The highest BCUT2D eigenvalue weighted by Crippen LogP contribution is 2.24. The van der Waals surface area contributed by atoms with Gasteiger partial charge in [0.1, 0.15) is 0 Å². The number of nitrogens with zero attached hydrogens (tertiary/aromatic N) is 1. The Kier molecular flexibility index (Phi) is 4.95. The van der Waals surface area contributed by atoms with E-state index >= 15 is 0 Å². The number of rotatable bonds is 4. The molecular weight excluding hydrogens is 261 g/mol. The first kappa shape index (κ1) is 14.8. The first-order chi connectivity index (χ1) is 9.63. The van der Waals surface area contributed by atoms with Crippen molar-refractivity contribution >= 4 is 5.91 Å². The largest absolute Gasteiger partial charge is 0.493 e. The van der Waals surface area contributed by atoms with Crippen LogP contribution in [0.3, 0.4) is 0 Å². The van der Waals surface area contributed by atoms with Gasteiger partial charge in [-0.2, -0.15) is 0 Å². The van der Waals surface area contributed by atoms with Crippen molar-refractivity contribution in [1.82, 2.24) is 4.90 Å². The van der Waals surface area contributed by atoms with Gasteiger partial charge in [-0.1, -0.05) is 6.07 Å². The van der Waals surface area contributed by atoms with Gasteiger partial charge in [0.2, 0.25) is 0 Å². The molecule has 1 amide bonds. The van der Waals surface area contributed by atoms with Crippen LogP contribution in [-0.2, 0) is 4.74 Å². The van der Waals surface area contributed by atoms with Crippen LogP contribution in [0.4, 0.5) is 4.39 Å². The van der Waals surface area contributed by atoms with Gasteiger partial charge in [0, 0.05) is 20.2 Å². The molecule has 0 radical (unpaired) electrons. The van der Waals surface area contributed by atoms with E-state index in [1.165, 1.54) is 19.2 Å². The molecule has 0 N–H and O–H groups in total. The summed E-state index contributed by atoms with van der Waals surface area (Å²) in [5.41, 5.74) is 0.241. The van der Waals surface area contributed by atoms with E-state index in [0.717, 1.165) is 25.9 Å². The van der Waals surface area contributed by atoms with Crippen LogP contribution in [0.1, 0.15) is 29.6 Å². The van der Waals surface area contributed by atoms with Gasteiger partial charge in [0.05, 0.1) is 18.8 Å². The summed E-state index contributed by atoms with van der Waals surface area (Å²) in [6, 6.07) is 4.36. The lowest BCUT2D eigenvalue weighted by atomic mass is 10.1. The molecule has 4 nitrogen and oxygen atoms in total. The normalized spacial score (nSPS) is 18.6. The molecule has 1 aliphatic rings. The van der Waals surface area contributed by atoms with Gasteiger partial charge in [-0.05, 0) is 31.4 Å². The summed E-state index contributed by atoms with van der Waals surface area (Å²) in [6.07, 6.45) is 3.22. The van der Waals surface area contributed by atoms with E-state index in [4.69, 9.17) is 9.47 Å². The molecule has 1 aromatic rings. The Morgan fingerprint density at radius 1 is 1.50 bits per heavy atom. The molecule has 0 aliphatic carbocycles. The van der Waals surface area contributed by atoms with E-state index in [-0.39, 0.29) is 23.3 Å². The standard InChI is InChI=1S/C15H20FNO3/c1-17(10-11-6-3-4-9-20-11)15(18)12-7-5-8-13(16)14(12)19-2/h5,7-8,11H,3-4,6,9-10H2,1-2H3. The van der Waals surface area contributed by atoms with Crippen molar-refractivity contribution in [3.63, 3.8) is 0 Å². The second-order valence-corrected chi connectivity index (χ2v) is 4.99. The summed E-state index contributed by atoms with van der Waals surface area (Å²) in [4.78, 5) is 13.9. The van der Waals surface area contributed by atoms with Crippen molar-refractivity contribution in [2.24, 2.45) is 0 Å². The van der Waals surface area contributed by atoms with Gasteiger partial charge in [-0.15, -0.1) is 0 Å². The van der Waals surface area contributed by atoms with Crippen molar-refractivity contribution < 1.29 is 18.7 Å². The van der Waals surface area contributed by atoms with Crippen LogP contribution in [0.25, 0.3) is 0 Å². The highest BCUT2D eigenvalue weighted by atomic mass is 19.1. The van der Waals surface area contributed by atoms with Gasteiger partial charge in [-0.25, -0.2) is 4.39 Å². The lowest BCUT2D eigenvalue weighted by Gasteiger charge is -2.27. The zero-order chi connectivity index (χ0) is 14.5. The summed E-state index contributed by atoms with van der Waals surface area (Å²) in [6.45, 7) is 1.26. The maximum Gasteiger partial charge on any atom is 0.257 e. The zero-order valence-electron chi connectivity index (χ0n) is 11.9. The molecule has 1 aromatic carbocycles. The fourth-order valence-corrected chi connectivity index (χ4v) is 2.43. The van der Waals surface area contributed by atoms with E-state index in [0.29, 0.717) is 6.54 Å². The number of halogens is 1. The maximum atomic E-state index is 13.6. The summed E-state index contributed by atoms with van der Waals surface area (Å²) in [5, 5.41) is 0. The molecule has 0 bridgehead atoms. The average molecular weight is 281 g/mol. The number of methoxy groups -OCH3 is 1. The number of para-hydroxylation sites is 1. The zero-order valence-corrected chi connectivity index (χ0v) is 11.9. The summed E-state index contributed by atoms with van der Waals surface area (Å²) < 4.78 is 24.2. The Morgan fingerprint density at radius 3 is 2.95 bits per heavy atom. The predicted octanol–water partition coefficient (Wildman–Crippen LogP) is 2.48. The van der Waals surface area contributed by atoms with Crippen LogP contribution in [0, 0.1) is 5.82 Å². The summed E-state index contributed by atoms with van der Waals surface area (Å²) in [7, 11) is 3.06. The number of hydrogen-bond acceptors (Lipinski definition) is 3. The Labute approximate surface area is 118 Å². The van der Waals surface area contributed by atoms with Gasteiger partial charge >= 0.3 is 0 Å². The third kappa shape index (κ3) is 3.28. The van der Waals surface area contributed by atoms with Crippen LogP contribution in [-0.4, -0.2) is 44.2 Å². The Hall–Kier alpha value is -1.62. The fraction of sp³-hybridized carbons (Fsp3) is 0.533. The highest BCUT2D eigenvalue weighted by Gasteiger charge is 2.23. The first-order valence-corrected chi connectivity index (χ1v) is 6.83. The van der Waals surface area contributed by atoms with Crippen molar-refractivity contribution in [2.45, 2.75) is 25.4 Å². The quantitative estimate of drug-likeness (QED) is 0.851. The minimum absolute atomic E-state index is 0.00564. The third-order valence-electron chi connectivity index (χ3n) is 3.50. The van der Waals surface area contributed by atoms with Crippen molar-refractivity contribution in [2.75, 3.05) is 27.3 Å². The van der Waals surface area contributed by atoms with E-state index in [9.17, 15) is 9.18 Å². The van der Waals surface area contributed by atoms with E-state index in [1.54, 1.807) is 18.0 Å². The van der Waals surface area contributed by atoms with Crippen LogP contribution in [0.15, 0.2) is 18.2 Å². The van der Waals surface area contributed by atoms with Crippen LogP contribution < -0.4 is 4.74 Å². The van der Waals surface area contributed by atoms with Crippen molar-refractivity contribution in [3.05, 3.63) is 29.6 Å². The Balaban J connectivity index is 2.08. The van der Waals surface area contributed by atoms with Gasteiger partial charge in [0.25, 0.3) is 5.91 Å². The topological polar surface area (TPSA) is 38.8 Å². The minimum Gasteiger partial charge on any atom is -0.493 e. The number of carbonyl (C=O) groups excluding carboxylic acids is 1. The molecule has 0 spiro atoms. The van der Waals surface area contributed by atoms with Crippen LogP contribution in [0.2, 0.25) is 0 Å². The Morgan fingerprint density at radius 2 is 2.30 bits per heavy atom. The number of benzene rings is 1. The molecule has 1 atom stereocenters. The van der Waals surface area contributed by atoms with E-state index < -0.39 is 5.82 Å². The summed E-state index contributed by atoms with van der Waals surface area (Å²) >= 11 is 0. The molecule has 0 aromatic heterocycles. The summed E-state index contributed by atoms with van der Waals surface area (Å²) in [5.74, 6) is -0.787. The molecular formula is C15H20FNO3. The number of carbonyl (C=O) groups is 1. The fourth-order valence-electron chi connectivity index (χ4n) is 2.43. The molecule has 1 unspecified atom stereocenters. The Bertz CT molecular complexity index is 472. The van der Waals surface area contributed by atoms with Gasteiger partial charge in [-0.3, -0.25) is 4.79 Å². The molecule has 2 rings (SSSR count). The van der Waals surface area contributed by atoms with Crippen LogP contribution in [0.5, 0.6) is 5.75 Å². The minimum atomic E-state index is -0.527. The maximum absolute atomic E-state index is 13.6. The lowest BCUT2D eigenvalue weighted by molar-refractivity contribution is -0.000250. The number of amides is 1. The first-order valence-electron chi connectivity index (χ1n) is 6.83. The van der Waals surface area contributed by atoms with Gasteiger partial charge in [0.15, 0.2) is 11.6 Å². The van der Waals surface area contributed by atoms with E-state index in [1.807, 2.05) is 0 Å². The van der Waals surface area contributed by atoms with E-state index in [2.05, 4.69) is 0 Å². The molecule has 1 saturated heterocycles. The van der Waals surface area contributed by atoms with Crippen molar-refractivity contribution in [3.8, 4) is 5.75 Å². The lowest BCUT2D eigenvalue weighted by Crippen LogP contribution is -2.37. The average Bonchev–Trinajstić information content (AvgIpc) is 2.47. The highest BCUT2D eigenvalue weighted by molar-refractivity contribution is 5.96.